The molecule has 0 amide bonds. The third kappa shape index (κ3) is 4.72. The number of sulfone groups is 1. The van der Waals surface area contributed by atoms with Gasteiger partial charge in [0.15, 0.2) is 9.84 Å². The number of rotatable bonds is 4. The Morgan fingerprint density at radius 1 is 1.00 bits per heavy atom. The molecule has 0 unspecified atom stereocenters. The second kappa shape index (κ2) is 7.25. The van der Waals surface area contributed by atoms with Gasteiger partial charge in [0, 0.05) is 18.8 Å². The van der Waals surface area contributed by atoms with Gasteiger partial charge in [0.2, 0.25) is 0 Å². The Bertz CT molecular complexity index is 587. The van der Waals surface area contributed by atoms with Crippen LogP contribution in [0.1, 0.15) is 44.6 Å². The van der Waals surface area contributed by atoms with Gasteiger partial charge in [-0.05, 0) is 42.4 Å². The lowest BCUT2D eigenvalue weighted by Gasteiger charge is -2.29. The Labute approximate surface area is 141 Å². The topological polar surface area (TPSA) is 37.4 Å². The molecular weight excluding hydrogens is 306 g/mol. The van der Waals surface area contributed by atoms with E-state index in [0.717, 1.165) is 17.5 Å². The number of nitrogens with zero attached hydrogens (tertiary/aromatic N) is 1. The molecule has 1 aliphatic heterocycles. The smallest absolute Gasteiger partial charge is 0.153 e. The first kappa shape index (κ1) is 16.8. The summed E-state index contributed by atoms with van der Waals surface area (Å²) in [7, 11) is -2.80. The molecule has 128 valence electrons. The van der Waals surface area contributed by atoms with Crippen molar-refractivity contribution in [3.8, 4) is 0 Å². The number of hydrogen-bond donors (Lipinski definition) is 0. The molecule has 1 saturated carbocycles. The SMILES string of the molecule is CC1CCC(CCc2ccc(N3CCS(=O)(=O)CC3)cc2)CC1. The van der Waals surface area contributed by atoms with E-state index in [0.29, 0.717) is 13.1 Å². The van der Waals surface area contributed by atoms with Gasteiger partial charge in [-0.3, -0.25) is 0 Å². The maximum absolute atomic E-state index is 11.5. The van der Waals surface area contributed by atoms with Crippen LogP contribution in [0.15, 0.2) is 24.3 Å². The summed E-state index contributed by atoms with van der Waals surface area (Å²) in [5.74, 6) is 2.42. The summed E-state index contributed by atoms with van der Waals surface area (Å²) < 4.78 is 23.0. The van der Waals surface area contributed by atoms with E-state index >= 15 is 0 Å². The summed E-state index contributed by atoms with van der Waals surface area (Å²) >= 11 is 0. The predicted molar refractivity (Wildman–Crippen MR) is 96.8 cm³/mol. The van der Waals surface area contributed by atoms with E-state index in [9.17, 15) is 8.42 Å². The van der Waals surface area contributed by atoms with Gasteiger partial charge in [-0.25, -0.2) is 8.42 Å². The minimum Gasteiger partial charge on any atom is -0.369 e. The quantitative estimate of drug-likeness (QED) is 0.842. The largest absolute Gasteiger partial charge is 0.369 e. The van der Waals surface area contributed by atoms with E-state index in [1.807, 2.05) is 0 Å². The molecule has 0 radical (unpaired) electrons. The second-order valence-electron chi connectivity index (χ2n) is 7.47. The third-order valence-corrected chi connectivity index (χ3v) is 7.23. The van der Waals surface area contributed by atoms with Crippen LogP contribution in [0.4, 0.5) is 5.69 Å². The molecule has 1 saturated heterocycles. The normalized spacial score (nSPS) is 27.8. The number of benzene rings is 1. The highest BCUT2D eigenvalue weighted by molar-refractivity contribution is 7.91. The van der Waals surface area contributed by atoms with Crippen molar-refractivity contribution < 1.29 is 8.42 Å². The lowest BCUT2D eigenvalue weighted by Crippen LogP contribution is -2.40. The van der Waals surface area contributed by atoms with E-state index in [4.69, 9.17) is 0 Å². The monoisotopic (exact) mass is 335 g/mol. The lowest BCUT2D eigenvalue weighted by atomic mass is 9.80. The summed E-state index contributed by atoms with van der Waals surface area (Å²) in [6.45, 7) is 3.63. The Hall–Kier alpha value is -1.03. The van der Waals surface area contributed by atoms with E-state index in [-0.39, 0.29) is 11.5 Å². The van der Waals surface area contributed by atoms with Crippen molar-refractivity contribution in [1.29, 1.82) is 0 Å². The van der Waals surface area contributed by atoms with Crippen LogP contribution in [0, 0.1) is 11.8 Å². The molecule has 0 spiro atoms. The molecule has 4 heteroatoms. The molecule has 0 N–H and O–H groups in total. The van der Waals surface area contributed by atoms with Crippen LogP contribution in [0.2, 0.25) is 0 Å². The summed E-state index contributed by atoms with van der Waals surface area (Å²) in [6, 6.07) is 8.78. The Morgan fingerprint density at radius 2 is 1.61 bits per heavy atom. The van der Waals surface area contributed by atoms with E-state index in [2.05, 4.69) is 36.1 Å². The van der Waals surface area contributed by atoms with Crippen LogP contribution in [0.25, 0.3) is 0 Å². The van der Waals surface area contributed by atoms with Gasteiger partial charge in [0.25, 0.3) is 0 Å². The summed E-state index contributed by atoms with van der Waals surface area (Å²) in [6.07, 6.45) is 8.10. The predicted octanol–water partition coefficient (Wildman–Crippen LogP) is 3.68. The maximum atomic E-state index is 11.5. The maximum Gasteiger partial charge on any atom is 0.153 e. The van der Waals surface area contributed by atoms with Crippen molar-refractivity contribution in [2.24, 2.45) is 11.8 Å². The molecule has 3 nitrogen and oxygen atoms in total. The third-order valence-electron chi connectivity index (χ3n) is 5.62. The number of anilines is 1. The highest BCUT2D eigenvalue weighted by Gasteiger charge is 2.22. The highest BCUT2D eigenvalue weighted by Crippen LogP contribution is 2.31. The van der Waals surface area contributed by atoms with Crippen LogP contribution < -0.4 is 4.90 Å². The van der Waals surface area contributed by atoms with Gasteiger partial charge >= 0.3 is 0 Å². The number of hydrogen-bond acceptors (Lipinski definition) is 3. The molecule has 1 heterocycles. The first-order valence-electron chi connectivity index (χ1n) is 9.06. The molecule has 2 aliphatic rings. The van der Waals surface area contributed by atoms with E-state index < -0.39 is 9.84 Å². The average Bonchev–Trinajstić information content (AvgIpc) is 2.55. The summed E-state index contributed by atoms with van der Waals surface area (Å²) in [5, 5.41) is 0. The fraction of sp³-hybridized carbons (Fsp3) is 0.684. The minimum atomic E-state index is -2.80. The molecule has 0 bridgehead atoms. The molecule has 1 aromatic rings. The fourth-order valence-electron chi connectivity index (χ4n) is 3.83. The van der Waals surface area contributed by atoms with Crippen LogP contribution in [0.3, 0.4) is 0 Å². The zero-order chi connectivity index (χ0) is 16.3. The van der Waals surface area contributed by atoms with Crippen molar-refractivity contribution in [2.75, 3.05) is 29.5 Å². The first-order valence-corrected chi connectivity index (χ1v) is 10.9. The molecule has 0 atom stereocenters. The van der Waals surface area contributed by atoms with Gasteiger partial charge in [0.05, 0.1) is 11.5 Å². The molecule has 0 aromatic heterocycles. The Morgan fingerprint density at radius 3 is 2.22 bits per heavy atom. The van der Waals surface area contributed by atoms with Gasteiger partial charge in [0.1, 0.15) is 0 Å². The van der Waals surface area contributed by atoms with Crippen LogP contribution >= 0.6 is 0 Å². The van der Waals surface area contributed by atoms with Crippen molar-refractivity contribution >= 4 is 15.5 Å². The minimum absolute atomic E-state index is 0.287. The van der Waals surface area contributed by atoms with Crippen molar-refractivity contribution in [3.63, 3.8) is 0 Å². The van der Waals surface area contributed by atoms with Gasteiger partial charge in [-0.1, -0.05) is 44.7 Å². The van der Waals surface area contributed by atoms with Gasteiger partial charge in [-0.2, -0.15) is 0 Å². The Kier molecular flexibility index (Phi) is 5.30. The zero-order valence-electron chi connectivity index (χ0n) is 14.2. The molecule has 2 fully saturated rings. The molecule has 23 heavy (non-hydrogen) atoms. The standard InChI is InChI=1S/C19H29NO2S/c1-16-2-4-17(5-3-16)6-7-18-8-10-19(11-9-18)20-12-14-23(21,22)15-13-20/h8-11,16-17H,2-7,12-15H2,1H3. The summed E-state index contributed by atoms with van der Waals surface area (Å²) in [5.41, 5.74) is 2.58. The number of aryl methyl sites for hydroxylation is 1. The fourth-order valence-corrected chi connectivity index (χ4v) is 5.03. The average molecular weight is 336 g/mol. The van der Waals surface area contributed by atoms with Crippen molar-refractivity contribution in [2.45, 2.75) is 45.4 Å². The van der Waals surface area contributed by atoms with Crippen molar-refractivity contribution in [3.05, 3.63) is 29.8 Å². The van der Waals surface area contributed by atoms with Crippen molar-refractivity contribution in [1.82, 2.24) is 0 Å². The molecule has 1 aliphatic carbocycles. The van der Waals surface area contributed by atoms with E-state index in [1.165, 1.54) is 44.1 Å². The second-order valence-corrected chi connectivity index (χ2v) is 9.77. The Balaban J connectivity index is 1.49. The first-order chi connectivity index (χ1) is 11.0. The van der Waals surface area contributed by atoms with Crippen LogP contribution in [-0.4, -0.2) is 33.0 Å². The summed E-state index contributed by atoms with van der Waals surface area (Å²) in [4.78, 5) is 2.19. The van der Waals surface area contributed by atoms with E-state index in [1.54, 1.807) is 0 Å². The van der Waals surface area contributed by atoms with Gasteiger partial charge in [-0.15, -0.1) is 0 Å². The van der Waals surface area contributed by atoms with Crippen LogP contribution in [0.5, 0.6) is 0 Å². The molecule has 3 rings (SSSR count). The molecular formula is C19H29NO2S. The van der Waals surface area contributed by atoms with Crippen LogP contribution in [-0.2, 0) is 16.3 Å². The highest BCUT2D eigenvalue weighted by atomic mass is 32.2. The molecule has 1 aromatic carbocycles. The lowest BCUT2D eigenvalue weighted by molar-refractivity contribution is 0.278. The zero-order valence-corrected chi connectivity index (χ0v) is 15.0. The van der Waals surface area contributed by atoms with Gasteiger partial charge < -0.3 is 4.90 Å².